The molecule has 4 bridgehead atoms. The third kappa shape index (κ3) is 5.50. The molecule has 10 heteroatoms. The average molecular weight is 553 g/mol. The summed E-state index contributed by atoms with van der Waals surface area (Å²) >= 11 is 0. The fraction of sp³-hybridized carbons (Fsp3) is 0.323. The number of benzene rings is 2. The Kier molecular flexibility index (Phi) is 7.37. The van der Waals surface area contributed by atoms with Crippen molar-refractivity contribution in [2.75, 3.05) is 19.7 Å². The number of hydrogen-bond donors (Lipinski definition) is 2. The van der Waals surface area contributed by atoms with Crippen LogP contribution in [0.4, 0.5) is 0 Å². The topological polar surface area (TPSA) is 118 Å². The molecule has 0 aliphatic carbocycles. The quantitative estimate of drug-likeness (QED) is 0.403. The van der Waals surface area contributed by atoms with E-state index in [0.717, 1.165) is 11.1 Å². The minimum atomic E-state index is -0.329. The van der Waals surface area contributed by atoms with E-state index in [1.54, 1.807) is 34.0 Å². The van der Waals surface area contributed by atoms with Crippen molar-refractivity contribution in [1.82, 2.24) is 30.3 Å². The van der Waals surface area contributed by atoms with Crippen molar-refractivity contribution in [3.63, 3.8) is 0 Å². The number of fused-ring (bicyclic) bond motifs is 5. The second-order valence-electron chi connectivity index (χ2n) is 10.6. The molecule has 0 radical (unpaired) electrons. The van der Waals surface area contributed by atoms with Gasteiger partial charge in [-0.05, 0) is 55.2 Å². The molecule has 0 unspecified atom stereocenters. The molecule has 6 rings (SSSR count). The Bertz CT molecular complexity index is 1600. The molecule has 2 atom stereocenters. The van der Waals surface area contributed by atoms with E-state index in [-0.39, 0.29) is 49.4 Å². The van der Waals surface area contributed by atoms with Gasteiger partial charge in [-0.3, -0.25) is 14.4 Å². The fourth-order valence-corrected chi connectivity index (χ4v) is 5.70. The van der Waals surface area contributed by atoms with Gasteiger partial charge in [0.15, 0.2) is 11.3 Å². The first-order valence-electron chi connectivity index (χ1n) is 13.9. The zero-order chi connectivity index (χ0) is 28.3. The lowest BCUT2D eigenvalue weighted by Crippen LogP contribution is -2.48. The molecule has 210 valence electrons. The van der Waals surface area contributed by atoms with Crippen LogP contribution in [-0.4, -0.2) is 69.2 Å². The van der Waals surface area contributed by atoms with E-state index in [2.05, 4.69) is 15.6 Å². The number of ether oxygens (including phenoxy) is 1. The highest BCUT2D eigenvalue weighted by Gasteiger charge is 2.40. The Morgan fingerprint density at radius 3 is 2.71 bits per heavy atom. The summed E-state index contributed by atoms with van der Waals surface area (Å²) < 4.78 is 7.59. The number of rotatable bonds is 3. The number of amides is 3. The molecule has 0 saturated carbocycles. The Labute approximate surface area is 237 Å². The molecule has 2 aliphatic rings. The normalized spacial score (nSPS) is 19.6. The van der Waals surface area contributed by atoms with Crippen molar-refractivity contribution in [3.05, 3.63) is 89.2 Å². The van der Waals surface area contributed by atoms with Gasteiger partial charge < -0.3 is 20.3 Å². The van der Waals surface area contributed by atoms with E-state index in [1.807, 2.05) is 49.4 Å². The molecule has 1 saturated heterocycles. The molecule has 10 nitrogen and oxygen atoms in total. The number of hydrogen-bond acceptors (Lipinski definition) is 6. The Morgan fingerprint density at radius 1 is 1.02 bits per heavy atom. The van der Waals surface area contributed by atoms with E-state index < -0.39 is 0 Å². The van der Waals surface area contributed by atoms with Crippen LogP contribution in [0.25, 0.3) is 11.0 Å². The summed E-state index contributed by atoms with van der Waals surface area (Å²) in [6.45, 7) is 3.22. The van der Waals surface area contributed by atoms with Crippen molar-refractivity contribution >= 4 is 28.8 Å². The Hall–Kier alpha value is -4.73. The summed E-state index contributed by atoms with van der Waals surface area (Å²) in [5.74, 6) is -0.0552. The van der Waals surface area contributed by atoms with Crippen LogP contribution in [0, 0.1) is 6.92 Å². The Morgan fingerprint density at radius 2 is 1.85 bits per heavy atom. The molecule has 2 aliphatic heterocycles. The van der Waals surface area contributed by atoms with E-state index in [0.29, 0.717) is 54.0 Å². The predicted octanol–water partition coefficient (Wildman–Crippen LogP) is 3.09. The van der Waals surface area contributed by atoms with Gasteiger partial charge in [0.05, 0.1) is 18.5 Å². The monoisotopic (exact) mass is 552 g/mol. The standard InChI is InChI=1S/C31H32N6O4/c1-20-9-10-22-16-26(20)41-15-14-32-27(38)17-23-11-12-24(18-34-30(22)39)37(23)31(40)28-25-8-5-13-33-29(25)36(35-28)19-21-6-3-2-4-7-21/h2-10,13,16,23-24H,11-12,14-15,17-19H2,1H3,(H,32,38)(H,34,39)/t23-,24+/m0/s1. The van der Waals surface area contributed by atoms with Crippen LogP contribution in [0.1, 0.15) is 51.2 Å². The molecule has 4 aromatic rings. The van der Waals surface area contributed by atoms with E-state index in [1.165, 1.54) is 0 Å². The van der Waals surface area contributed by atoms with Crippen molar-refractivity contribution in [2.24, 2.45) is 0 Å². The van der Waals surface area contributed by atoms with Crippen LogP contribution in [0.15, 0.2) is 66.9 Å². The summed E-state index contributed by atoms with van der Waals surface area (Å²) in [5.41, 5.74) is 3.34. The minimum absolute atomic E-state index is 0.150. The van der Waals surface area contributed by atoms with Gasteiger partial charge in [-0.2, -0.15) is 5.10 Å². The molecule has 3 amide bonds. The second kappa shape index (κ2) is 11.4. The predicted molar refractivity (Wildman–Crippen MR) is 153 cm³/mol. The van der Waals surface area contributed by atoms with Crippen molar-refractivity contribution in [3.8, 4) is 5.75 Å². The van der Waals surface area contributed by atoms with E-state index >= 15 is 0 Å². The molecular formula is C31H32N6O4. The highest BCUT2D eigenvalue weighted by Crippen LogP contribution is 2.30. The van der Waals surface area contributed by atoms with Crippen LogP contribution in [0.5, 0.6) is 5.75 Å². The van der Waals surface area contributed by atoms with Crippen LogP contribution in [-0.2, 0) is 11.3 Å². The van der Waals surface area contributed by atoms with Crippen LogP contribution >= 0.6 is 0 Å². The third-order valence-electron chi connectivity index (χ3n) is 7.79. The smallest absolute Gasteiger partial charge is 0.275 e. The van der Waals surface area contributed by atoms with Gasteiger partial charge in [-0.1, -0.05) is 36.4 Å². The number of nitrogens with zero attached hydrogens (tertiary/aromatic N) is 4. The van der Waals surface area contributed by atoms with E-state index in [4.69, 9.17) is 9.84 Å². The van der Waals surface area contributed by atoms with E-state index in [9.17, 15) is 14.4 Å². The maximum atomic E-state index is 14.3. The van der Waals surface area contributed by atoms with Crippen LogP contribution in [0.2, 0.25) is 0 Å². The summed E-state index contributed by atoms with van der Waals surface area (Å²) in [6, 6.07) is 18.2. The van der Waals surface area contributed by atoms with Crippen molar-refractivity contribution < 1.29 is 19.1 Å². The largest absolute Gasteiger partial charge is 0.491 e. The first kappa shape index (κ1) is 26.5. The lowest BCUT2D eigenvalue weighted by Gasteiger charge is -2.30. The third-order valence-corrected chi connectivity index (χ3v) is 7.79. The average Bonchev–Trinajstić information content (AvgIpc) is 3.55. The fourth-order valence-electron chi connectivity index (χ4n) is 5.70. The van der Waals surface area contributed by atoms with Gasteiger partial charge in [0.2, 0.25) is 5.91 Å². The maximum Gasteiger partial charge on any atom is 0.275 e. The molecule has 4 heterocycles. The molecule has 0 spiro atoms. The lowest BCUT2D eigenvalue weighted by molar-refractivity contribution is -0.122. The zero-order valence-electron chi connectivity index (χ0n) is 22.9. The molecule has 1 fully saturated rings. The first-order valence-corrected chi connectivity index (χ1v) is 13.9. The number of carbonyl (C=O) groups excluding carboxylic acids is 3. The summed E-state index contributed by atoms with van der Waals surface area (Å²) in [7, 11) is 0. The highest BCUT2D eigenvalue weighted by molar-refractivity contribution is 6.04. The van der Waals surface area contributed by atoms with Gasteiger partial charge >= 0.3 is 0 Å². The minimum Gasteiger partial charge on any atom is -0.491 e. The molecule has 2 aromatic carbocycles. The molecular weight excluding hydrogens is 520 g/mol. The second-order valence-corrected chi connectivity index (χ2v) is 10.6. The SMILES string of the molecule is Cc1ccc2cc1OCCNC(=O)C[C@@H]1CC[C@H](CNC2=O)N1C(=O)c1nn(Cc2ccccc2)c2ncccc12. The van der Waals surface area contributed by atoms with Crippen molar-refractivity contribution in [2.45, 2.75) is 44.8 Å². The lowest BCUT2D eigenvalue weighted by atomic mass is 10.1. The van der Waals surface area contributed by atoms with Crippen molar-refractivity contribution in [1.29, 1.82) is 0 Å². The zero-order valence-corrected chi connectivity index (χ0v) is 22.9. The van der Waals surface area contributed by atoms with Gasteiger partial charge in [0.25, 0.3) is 11.8 Å². The van der Waals surface area contributed by atoms with Crippen LogP contribution < -0.4 is 15.4 Å². The van der Waals surface area contributed by atoms with Gasteiger partial charge in [-0.15, -0.1) is 0 Å². The first-order chi connectivity index (χ1) is 20.0. The van der Waals surface area contributed by atoms with Gasteiger partial charge in [0.1, 0.15) is 12.4 Å². The summed E-state index contributed by atoms with van der Waals surface area (Å²) in [6.07, 6.45) is 3.15. The van der Waals surface area contributed by atoms with Crippen LogP contribution in [0.3, 0.4) is 0 Å². The Balaban J connectivity index is 1.32. The number of carbonyl (C=O) groups is 3. The number of nitrogens with one attached hydrogen (secondary N) is 2. The number of aromatic nitrogens is 3. The molecule has 2 aromatic heterocycles. The molecule has 41 heavy (non-hydrogen) atoms. The summed E-state index contributed by atoms with van der Waals surface area (Å²) in [5, 5.41) is 11.3. The van der Waals surface area contributed by atoms with Gasteiger partial charge in [0, 0.05) is 36.8 Å². The highest BCUT2D eigenvalue weighted by atomic mass is 16.5. The number of pyridine rings is 1. The molecule has 2 N–H and O–H groups in total. The number of aryl methyl sites for hydroxylation is 1. The van der Waals surface area contributed by atoms with Gasteiger partial charge in [-0.25, -0.2) is 9.67 Å². The summed E-state index contributed by atoms with van der Waals surface area (Å²) in [4.78, 5) is 46.6. The maximum absolute atomic E-state index is 14.3.